The number of amides is 3. The summed E-state index contributed by atoms with van der Waals surface area (Å²) in [5.41, 5.74) is 3.21. The molecule has 2 aliphatic heterocycles. The zero-order valence-electron chi connectivity index (χ0n) is 26.4. The van der Waals surface area contributed by atoms with Crippen LogP contribution in [0.4, 0.5) is 0 Å². The van der Waals surface area contributed by atoms with Crippen molar-refractivity contribution in [2.45, 2.75) is 69.7 Å². The minimum atomic E-state index is -1.89. The normalized spacial score (nSPS) is 20.1. The summed E-state index contributed by atoms with van der Waals surface area (Å²) in [5, 5.41) is 2.47. The lowest BCUT2D eigenvalue weighted by Crippen LogP contribution is -2.65. The molecule has 11 heteroatoms. The second kappa shape index (κ2) is 16.5. The van der Waals surface area contributed by atoms with E-state index in [9.17, 15) is 14.4 Å². The number of nitrogens with one attached hydrogen (secondary N) is 2. The average Bonchev–Trinajstić information content (AvgIpc) is 3.09. The maximum atomic E-state index is 13.4. The Morgan fingerprint density at radius 1 is 0.911 bits per heavy atom. The van der Waals surface area contributed by atoms with Crippen molar-refractivity contribution in [3.8, 4) is 11.8 Å². The van der Waals surface area contributed by atoms with Gasteiger partial charge < -0.3 is 29.2 Å². The predicted molar refractivity (Wildman–Crippen MR) is 166 cm³/mol. The monoisotopic (exact) mass is 621 g/mol. The van der Waals surface area contributed by atoms with Gasteiger partial charge in [-0.2, -0.15) is 0 Å². The van der Waals surface area contributed by atoms with Crippen molar-refractivity contribution >= 4 is 17.7 Å². The Bertz CT molecular complexity index is 1340. The molecule has 4 atom stereocenters. The average molecular weight is 622 g/mol. The molecular weight excluding hydrogens is 578 g/mol. The van der Waals surface area contributed by atoms with E-state index in [4.69, 9.17) is 23.8 Å². The van der Waals surface area contributed by atoms with Crippen LogP contribution in [-0.4, -0.2) is 81.8 Å². The molecule has 45 heavy (non-hydrogen) atoms. The van der Waals surface area contributed by atoms with Gasteiger partial charge in [0, 0.05) is 57.5 Å². The van der Waals surface area contributed by atoms with E-state index in [1.165, 1.54) is 21.0 Å². The molecule has 2 unspecified atom stereocenters. The fourth-order valence-electron chi connectivity index (χ4n) is 5.06. The first-order valence-electron chi connectivity index (χ1n) is 15.3. The molecule has 2 heterocycles. The van der Waals surface area contributed by atoms with Crippen LogP contribution in [-0.2, 0) is 33.4 Å². The second-order valence-electron chi connectivity index (χ2n) is 11.2. The van der Waals surface area contributed by atoms with E-state index < -0.39 is 29.6 Å². The van der Waals surface area contributed by atoms with E-state index in [2.05, 4.69) is 22.6 Å². The Morgan fingerprint density at radius 3 is 2.02 bits per heavy atom. The maximum Gasteiger partial charge on any atom is 0.279 e. The van der Waals surface area contributed by atoms with E-state index in [1.54, 1.807) is 31.4 Å². The van der Waals surface area contributed by atoms with Crippen LogP contribution in [0.2, 0.25) is 0 Å². The van der Waals surface area contributed by atoms with Crippen LogP contribution in [0, 0.1) is 11.8 Å². The Hall–Kier alpha value is -3.79. The molecule has 2 saturated heterocycles. The first-order valence-corrected chi connectivity index (χ1v) is 15.3. The SMILES string of the molecule is CNC(=O)[C@@](C)(C(=O)NOC1CCCCO1)N(C)C(=O)c1ccc(C#Cc2ccc([C@@H](COC)OC3CCCCO3)cc2)cc1. The first-order chi connectivity index (χ1) is 21.8. The molecule has 2 aromatic rings. The third-order valence-corrected chi connectivity index (χ3v) is 8.05. The fraction of sp³-hybridized carbons (Fsp3) is 0.500. The zero-order chi connectivity index (χ0) is 32.2. The van der Waals surface area contributed by atoms with E-state index in [-0.39, 0.29) is 18.0 Å². The molecule has 0 bridgehead atoms. The molecule has 2 N–H and O–H groups in total. The molecule has 4 rings (SSSR count). The number of carbonyl (C=O) groups is 3. The number of methoxy groups -OCH3 is 1. The lowest BCUT2D eigenvalue weighted by molar-refractivity contribution is -0.204. The summed E-state index contributed by atoms with van der Waals surface area (Å²) in [6.07, 6.45) is 4.39. The van der Waals surface area contributed by atoms with Crippen LogP contribution in [0.5, 0.6) is 0 Å². The van der Waals surface area contributed by atoms with Gasteiger partial charge in [-0.15, -0.1) is 0 Å². The van der Waals surface area contributed by atoms with Crippen molar-refractivity contribution in [1.29, 1.82) is 0 Å². The fourth-order valence-corrected chi connectivity index (χ4v) is 5.06. The smallest absolute Gasteiger partial charge is 0.279 e. The summed E-state index contributed by atoms with van der Waals surface area (Å²) >= 11 is 0. The van der Waals surface area contributed by atoms with Crippen LogP contribution < -0.4 is 10.8 Å². The van der Waals surface area contributed by atoms with E-state index in [0.717, 1.165) is 48.1 Å². The van der Waals surface area contributed by atoms with Crippen molar-refractivity contribution in [3.63, 3.8) is 0 Å². The number of rotatable bonds is 11. The van der Waals surface area contributed by atoms with Gasteiger partial charge in [0.05, 0.1) is 6.61 Å². The Labute approximate surface area is 264 Å². The number of likely N-dealkylation sites (N-methyl/N-ethyl adjacent to an activating group) is 2. The summed E-state index contributed by atoms with van der Waals surface area (Å²) in [7, 11) is 4.45. The van der Waals surface area contributed by atoms with Crippen LogP contribution in [0.25, 0.3) is 0 Å². The minimum absolute atomic E-state index is 0.224. The van der Waals surface area contributed by atoms with Crippen LogP contribution in [0.1, 0.15) is 78.6 Å². The summed E-state index contributed by atoms with van der Waals surface area (Å²) in [6, 6.07) is 14.5. The van der Waals surface area contributed by atoms with Gasteiger partial charge in [-0.25, -0.2) is 10.3 Å². The summed E-state index contributed by atoms with van der Waals surface area (Å²) < 4.78 is 22.7. The lowest BCUT2D eigenvalue weighted by atomic mass is 9.96. The van der Waals surface area contributed by atoms with Crippen molar-refractivity contribution < 1.29 is 38.2 Å². The number of hydrogen-bond acceptors (Lipinski definition) is 8. The Balaban J connectivity index is 1.39. The minimum Gasteiger partial charge on any atom is -0.382 e. The number of carbonyl (C=O) groups excluding carboxylic acids is 3. The highest BCUT2D eigenvalue weighted by Crippen LogP contribution is 2.25. The van der Waals surface area contributed by atoms with Gasteiger partial charge in [0.25, 0.3) is 17.7 Å². The molecule has 0 aliphatic carbocycles. The molecule has 0 aromatic heterocycles. The predicted octanol–water partition coefficient (Wildman–Crippen LogP) is 3.47. The largest absolute Gasteiger partial charge is 0.382 e. The van der Waals surface area contributed by atoms with Crippen molar-refractivity contribution in [1.82, 2.24) is 15.7 Å². The van der Waals surface area contributed by atoms with E-state index in [0.29, 0.717) is 31.8 Å². The Kier molecular flexibility index (Phi) is 12.5. The van der Waals surface area contributed by atoms with Crippen LogP contribution in [0.15, 0.2) is 48.5 Å². The first kappa shape index (κ1) is 34.1. The highest BCUT2D eigenvalue weighted by atomic mass is 16.8. The van der Waals surface area contributed by atoms with Gasteiger partial charge in [0.2, 0.25) is 0 Å². The molecule has 0 radical (unpaired) electrons. The van der Waals surface area contributed by atoms with E-state index >= 15 is 0 Å². The summed E-state index contributed by atoms with van der Waals surface area (Å²) in [4.78, 5) is 45.9. The molecule has 0 saturated carbocycles. The van der Waals surface area contributed by atoms with Crippen LogP contribution in [0.3, 0.4) is 0 Å². The standard InChI is InChI=1S/C34H43N3O8/c1-34(32(39)35-2,33(40)36-45-30-10-6-8-22-43-30)37(3)31(38)27-19-15-25(16-20-27)12-11-24-13-17-26(18-14-24)28(23-41-4)44-29-9-5-7-21-42-29/h13-20,28-30H,5-10,21-23H2,1-4H3,(H,35,39)(H,36,40)/t28-,29?,30?,34+/m1/s1. The number of nitrogens with zero attached hydrogens (tertiary/aromatic N) is 1. The molecule has 2 fully saturated rings. The van der Waals surface area contributed by atoms with Gasteiger partial charge in [-0.1, -0.05) is 24.0 Å². The van der Waals surface area contributed by atoms with Crippen molar-refractivity contribution in [3.05, 3.63) is 70.8 Å². The number of ether oxygens (including phenoxy) is 4. The van der Waals surface area contributed by atoms with Gasteiger partial charge in [0.1, 0.15) is 6.10 Å². The van der Waals surface area contributed by atoms with Gasteiger partial charge in [0.15, 0.2) is 18.1 Å². The molecule has 11 nitrogen and oxygen atoms in total. The molecule has 2 aliphatic rings. The van der Waals surface area contributed by atoms with Crippen molar-refractivity contribution in [2.24, 2.45) is 0 Å². The summed E-state index contributed by atoms with van der Waals surface area (Å²) in [5.74, 6) is 4.28. The van der Waals surface area contributed by atoms with E-state index in [1.807, 2.05) is 24.3 Å². The molecule has 3 amide bonds. The van der Waals surface area contributed by atoms with Crippen LogP contribution >= 0.6 is 0 Å². The highest BCUT2D eigenvalue weighted by molar-refractivity contribution is 6.12. The Morgan fingerprint density at radius 2 is 1.49 bits per heavy atom. The maximum absolute atomic E-state index is 13.4. The highest BCUT2D eigenvalue weighted by Gasteiger charge is 2.47. The third kappa shape index (κ3) is 8.90. The van der Waals surface area contributed by atoms with Gasteiger partial charge in [-0.05, 0) is 81.0 Å². The second-order valence-corrected chi connectivity index (χ2v) is 11.2. The quantitative estimate of drug-likeness (QED) is 0.222. The number of hydrogen-bond donors (Lipinski definition) is 2. The molecular formula is C34H43N3O8. The summed E-state index contributed by atoms with van der Waals surface area (Å²) in [6.45, 7) is 3.02. The number of hydroxylamine groups is 1. The van der Waals surface area contributed by atoms with Gasteiger partial charge in [-0.3, -0.25) is 14.4 Å². The van der Waals surface area contributed by atoms with Crippen molar-refractivity contribution in [2.75, 3.05) is 41.0 Å². The molecule has 0 spiro atoms. The number of benzene rings is 2. The lowest BCUT2D eigenvalue weighted by Gasteiger charge is -2.36. The topological polar surface area (TPSA) is 125 Å². The third-order valence-electron chi connectivity index (χ3n) is 8.05. The zero-order valence-corrected chi connectivity index (χ0v) is 26.4. The molecule has 2 aromatic carbocycles. The van der Waals surface area contributed by atoms with Gasteiger partial charge >= 0.3 is 0 Å². The molecule has 242 valence electrons.